The molecule has 0 saturated heterocycles. The predicted molar refractivity (Wildman–Crippen MR) is 80.8 cm³/mol. The standard InChI is InChI=1S/C13H15BrN6/c1-10-15-6-8-19(10)7-2-4-16-12-3-5-17-13-11(14)9-18-20(12)13/h3,5-6,8-9,16H,2,4,7H2,1H3. The van der Waals surface area contributed by atoms with Gasteiger partial charge in [0.05, 0.1) is 10.7 Å². The van der Waals surface area contributed by atoms with Crippen molar-refractivity contribution in [3.8, 4) is 0 Å². The lowest BCUT2D eigenvalue weighted by molar-refractivity contribution is 0.641. The highest BCUT2D eigenvalue weighted by molar-refractivity contribution is 9.10. The van der Waals surface area contributed by atoms with Crippen LogP contribution in [0.25, 0.3) is 5.65 Å². The highest BCUT2D eigenvalue weighted by Crippen LogP contribution is 2.18. The van der Waals surface area contributed by atoms with Gasteiger partial charge in [-0.05, 0) is 35.3 Å². The first kappa shape index (κ1) is 13.1. The molecule has 0 atom stereocenters. The smallest absolute Gasteiger partial charge is 0.171 e. The number of imidazole rings is 1. The largest absolute Gasteiger partial charge is 0.370 e. The van der Waals surface area contributed by atoms with Crippen molar-refractivity contribution in [2.45, 2.75) is 19.9 Å². The van der Waals surface area contributed by atoms with E-state index in [0.717, 1.165) is 41.3 Å². The molecular formula is C13H15BrN6. The summed E-state index contributed by atoms with van der Waals surface area (Å²) in [5.41, 5.74) is 0.820. The van der Waals surface area contributed by atoms with Crippen molar-refractivity contribution >= 4 is 27.4 Å². The van der Waals surface area contributed by atoms with Gasteiger partial charge in [-0.2, -0.15) is 9.61 Å². The summed E-state index contributed by atoms with van der Waals surface area (Å²) in [6.07, 6.45) is 8.39. The Morgan fingerprint density at radius 3 is 3.00 bits per heavy atom. The van der Waals surface area contributed by atoms with Crippen molar-refractivity contribution in [1.82, 2.24) is 24.1 Å². The first-order valence-electron chi connectivity index (χ1n) is 6.45. The maximum Gasteiger partial charge on any atom is 0.171 e. The van der Waals surface area contributed by atoms with Crippen LogP contribution in [0.5, 0.6) is 0 Å². The van der Waals surface area contributed by atoms with Crippen LogP contribution < -0.4 is 5.32 Å². The first-order valence-corrected chi connectivity index (χ1v) is 7.25. The third-order valence-corrected chi connectivity index (χ3v) is 3.72. The van der Waals surface area contributed by atoms with E-state index in [2.05, 4.69) is 40.9 Å². The molecule has 1 N–H and O–H groups in total. The minimum Gasteiger partial charge on any atom is -0.370 e. The molecule has 3 rings (SSSR count). The zero-order valence-electron chi connectivity index (χ0n) is 11.1. The Kier molecular flexibility index (Phi) is 3.68. The van der Waals surface area contributed by atoms with Gasteiger partial charge in [0.2, 0.25) is 0 Å². The minimum absolute atomic E-state index is 0.820. The molecule has 3 aromatic rings. The average molecular weight is 335 g/mol. The summed E-state index contributed by atoms with van der Waals surface area (Å²) in [4.78, 5) is 8.50. The van der Waals surface area contributed by atoms with E-state index in [1.54, 1.807) is 16.9 Å². The number of hydrogen-bond acceptors (Lipinski definition) is 4. The van der Waals surface area contributed by atoms with Gasteiger partial charge in [-0.25, -0.2) is 9.97 Å². The van der Waals surface area contributed by atoms with E-state index in [-0.39, 0.29) is 0 Å². The number of aryl methyl sites for hydroxylation is 2. The van der Waals surface area contributed by atoms with Crippen LogP contribution in [-0.2, 0) is 6.54 Å². The normalized spacial score (nSPS) is 11.1. The van der Waals surface area contributed by atoms with E-state index in [0.29, 0.717) is 0 Å². The second-order valence-corrected chi connectivity index (χ2v) is 5.36. The van der Waals surface area contributed by atoms with Crippen molar-refractivity contribution in [2.24, 2.45) is 0 Å². The molecule has 6 nitrogen and oxygen atoms in total. The van der Waals surface area contributed by atoms with Crippen LogP contribution in [0.4, 0.5) is 5.82 Å². The van der Waals surface area contributed by atoms with E-state index >= 15 is 0 Å². The van der Waals surface area contributed by atoms with Gasteiger partial charge >= 0.3 is 0 Å². The van der Waals surface area contributed by atoms with Crippen molar-refractivity contribution in [3.63, 3.8) is 0 Å². The van der Waals surface area contributed by atoms with Gasteiger partial charge in [-0.15, -0.1) is 0 Å². The van der Waals surface area contributed by atoms with Gasteiger partial charge in [0, 0.05) is 31.7 Å². The monoisotopic (exact) mass is 334 g/mol. The van der Waals surface area contributed by atoms with Crippen LogP contribution >= 0.6 is 15.9 Å². The van der Waals surface area contributed by atoms with E-state index in [1.165, 1.54) is 0 Å². The fourth-order valence-electron chi connectivity index (χ4n) is 2.10. The fraction of sp³-hybridized carbons (Fsp3) is 0.308. The molecule has 7 heteroatoms. The number of nitrogens with zero attached hydrogens (tertiary/aromatic N) is 5. The van der Waals surface area contributed by atoms with Gasteiger partial charge in [0.1, 0.15) is 11.6 Å². The Hall–Kier alpha value is -1.89. The molecule has 3 heterocycles. The Bertz CT molecular complexity index is 717. The fourth-order valence-corrected chi connectivity index (χ4v) is 2.47. The summed E-state index contributed by atoms with van der Waals surface area (Å²) in [6.45, 7) is 3.84. The molecule has 0 aliphatic carbocycles. The molecule has 0 radical (unpaired) electrons. The summed E-state index contributed by atoms with van der Waals surface area (Å²) in [5, 5.41) is 7.68. The van der Waals surface area contributed by atoms with Crippen LogP contribution in [0, 0.1) is 6.92 Å². The molecule has 3 aromatic heterocycles. The van der Waals surface area contributed by atoms with Gasteiger partial charge in [0.25, 0.3) is 0 Å². The molecule has 0 unspecified atom stereocenters. The quantitative estimate of drug-likeness (QED) is 0.728. The molecule has 0 aliphatic rings. The molecule has 0 fully saturated rings. The van der Waals surface area contributed by atoms with Crippen molar-refractivity contribution in [1.29, 1.82) is 0 Å². The third kappa shape index (κ3) is 2.53. The molecule has 0 amide bonds. The second-order valence-electron chi connectivity index (χ2n) is 4.51. The lowest BCUT2D eigenvalue weighted by Crippen LogP contribution is -2.10. The average Bonchev–Trinajstić information content (AvgIpc) is 3.03. The van der Waals surface area contributed by atoms with Crippen LogP contribution in [0.1, 0.15) is 12.2 Å². The first-order chi connectivity index (χ1) is 9.75. The highest BCUT2D eigenvalue weighted by atomic mass is 79.9. The van der Waals surface area contributed by atoms with Gasteiger partial charge < -0.3 is 9.88 Å². The van der Waals surface area contributed by atoms with Crippen molar-refractivity contribution in [3.05, 3.63) is 41.2 Å². The SMILES string of the molecule is Cc1nccn1CCCNc1ccnc2c(Br)cnn12. The maximum atomic E-state index is 4.29. The highest BCUT2D eigenvalue weighted by Gasteiger charge is 2.05. The summed E-state index contributed by atoms with van der Waals surface area (Å²) in [7, 11) is 0. The summed E-state index contributed by atoms with van der Waals surface area (Å²) in [6, 6.07) is 1.93. The lowest BCUT2D eigenvalue weighted by atomic mass is 10.4. The summed E-state index contributed by atoms with van der Waals surface area (Å²) >= 11 is 3.43. The van der Waals surface area contributed by atoms with E-state index < -0.39 is 0 Å². The number of anilines is 1. The molecule has 104 valence electrons. The Morgan fingerprint density at radius 1 is 1.30 bits per heavy atom. The summed E-state index contributed by atoms with van der Waals surface area (Å²) < 4.78 is 4.84. The number of halogens is 1. The van der Waals surface area contributed by atoms with Crippen LogP contribution in [0.2, 0.25) is 0 Å². The maximum absolute atomic E-state index is 4.29. The minimum atomic E-state index is 0.820. The van der Waals surface area contributed by atoms with E-state index in [1.807, 2.05) is 25.4 Å². The molecule has 0 bridgehead atoms. The Labute approximate surface area is 125 Å². The molecule has 0 aromatic carbocycles. The number of aromatic nitrogens is 5. The Morgan fingerprint density at radius 2 is 2.20 bits per heavy atom. The van der Waals surface area contributed by atoms with Crippen molar-refractivity contribution in [2.75, 3.05) is 11.9 Å². The van der Waals surface area contributed by atoms with E-state index in [4.69, 9.17) is 0 Å². The number of hydrogen-bond donors (Lipinski definition) is 1. The third-order valence-electron chi connectivity index (χ3n) is 3.16. The van der Waals surface area contributed by atoms with Gasteiger partial charge in [0.15, 0.2) is 5.65 Å². The predicted octanol–water partition coefficient (Wildman–Crippen LogP) is 2.50. The number of rotatable bonds is 5. The van der Waals surface area contributed by atoms with Crippen molar-refractivity contribution < 1.29 is 0 Å². The lowest BCUT2D eigenvalue weighted by Gasteiger charge is -2.09. The van der Waals surface area contributed by atoms with E-state index in [9.17, 15) is 0 Å². The van der Waals surface area contributed by atoms with Crippen LogP contribution in [0.15, 0.2) is 35.3 Å². The van der Waals surface area contributed by atoms with Gasteiger partial charge in [-0.3, -0.25) is 0 Å². The Balaban J connectivity index is 1.61. The second kappa shape index (κ2) is 5.62. The van der Waals surface area contributed by atoms with Crippen LogP contribution in [-0.4, -0.2) is 30.7 Å². The van der Waals surface area contributed by atoms with Crippen LogP contribution in [0.3, 0.4) is 0 Å². The molecule has 0 spiro atoms. The van der Waals surface area contributed by atoms with Gasteiger partial charge in [-0.1, -0.05) is 0 Å². The molecule has 0 aliphatic heterocycles. The number of fused-ring (bicyclic) bond motifs is 1. The molecule has 20 heavy (non-hydrogen) atoms. The molecular weight excluding hydrogens is 320 g/mol. The number of nitrogens with one attached hydrogen (secondary N) is 1. The zero-order valence-corrected chi connectivity index (χ0v) is 12.7. The topological polar surface area (TPSA) is 60.0 Å². The summed E-state index contributed by atoms with van der Waals surface area (Å²) in [5.74, 6) is 2.00. The molecule has 0 saturated carbocycles. The zero-order chi connectivity index (χ0) is 13.9.